The number of rotatable bonds is 5. The molecule has 0 aliphatic heterocycles. The Balaban J connectivity index is 2.00. The molecule has 1 heterocycles. The fraction of sp³-hybridized carbons (Fsp3) is 0.375. The molecule has 0 aliphatic rings. The fourth-order valence-electron chi connectivity index (χ4n) is 2.33. The second-order valence-corrected chi connectivity index (χ2v) is 5.56. The minimum absolute atomic E-state index is 0.542. The zero-order chi connectivity index (χ0) is 17.0. The van der Waals surface area contributed by atoms with Crippen molar-refractivity contribution in [2.75, 3.05) is 19.5 Å². The van der Waals surface area contributed by atoms with Gasteiger partial charge in [0.2, 0.25) is 0 Å². The lowest BCUT2D eigenvalue weighted by Crippen LogP contribution is -2.28. The predicted octanol–water partition coefficient (Wildman–Crippen LogP) is 2.54. The van der Waals surface area contributed by atoms with Gasteiger partial charge in [-0.3, -0.25) is 4.68 Å². The third kappa shape index (κ3) is 3.92. The molecule has 2 rings (SSSR count). The third-order valence-corrected chi connectivity index (χ3v) is 3.97. The first-order chi connectivity index (χ1) is 11.0. The Morgan fingerprint density at radius 3 is 2.48 bits per heavy atom. The van der Waals surface area contributed by atoms with Crippen molar-refractivity contribution >= 4 is 23.0 Å². The van der Waals surface area contributed by atoms with Crippen LogP contribution < -0.4 is 20.1 Å². The minimum Gasteiger partial charge on any atom is -0.493 e. The molecule has 0 saturated heterocycles. The Labute approximate surface area is 141 Å². The van der Waals surface area contributed by atoms with E-state index in [1.165, 1.54) is 0 Å². The molecule has 1 aromatic carbocycles. The molecule has 2 N–H and O–H groups in total. The summed E-state index contributed by atoms with van der Waals surface area (Å²) in [6.07, 6.45) is 0. The van der Waals surface area contributed by atoms with Gasteiger partial charge in [0.1, 0.15) is 0 Å². The van der Waals surface area contributed by atoms with Crippen molar-refractivity contribution in [1.82, 2.24) is 15.1 Å². The summed E-state index contributed by atoms with van der Waals surface area (Å²) < 4.78 is 12.4. The molecular formula is C16H22N4O2S. The summed E-state index contributed by atoms with van der Waals surface area (Å²) in [5.41, 5.74) is 4.12. The quantitative estimate of drug-likeness (QED) is 0.820. The van der Waals surface area contributed by atoms with E-state index in [1.807, 2.05) is 43.8 Å². The maximum absolute atomic E-state index is 5.35. The molecule has 124 valence electrons. The van der Waals surface area contributed by atoms with Gasteiger partial charge in [0, 0.05) is 36.6 Å². The molecule has 2 aromatic rings. The number of methoxy groups -OCH3 is 2. The van der Waals surface area contributed by atoms with Gasteiger partial charge in [0.05, 0.1) is 19.9 Å². The normalized spacial score (nSPS) is 10.3. The van der Waals surface area contributed by atoms with Gasteiger partial charge < -0.3 is 20.1 Å². The Bertz CT molecular complexity index is 712. The highest BCUT2D eigenvalue weighted by Gasteiger charge is 2.10. The predicted molar refractivity (Wildman–Crippen MR) is 95.3 cm³/mol. The highest BCUT2D eigenvalue weighted by Crippen LogP contribution is 2.29. The maximum Gasteiger partial charge on any atom is 0.171 e. The van der Waals surface area contributed by atoms with Crippen molar-refractivity contribution in [2.24, 2.45) is 7.05 Å². The van der Waals surface area contributed by atoms with Crippen molar-refractivity contribution < 1.29 is 9.47 Å². The largest absolute Gasteiger partial charge is 0.493 e. The molecule has 6 nitrogen and oxygen atoms in total. The van der Waals surface area contributed by atoms with Crippen LogP contribution in [0.15, 0.2) is 18.2 Å². The van der Waals surface area contributed by atoms with Crippen molar-refractivity contribution in [1.29, 1.82) is 0 Å². The highest BCUT2D eigenvalue weighted by molar-refractivity contribution is 7.80. The molecule has 7 heteroatoms. The highest BCUT2D eigenvalue weighted by atomic mass is 32.1. The lowest BCUT2D eigenvalue weighted by molar-refractivity contribution is 0.355. The van der Waals surface area contributed by atoms with E-state index in [0.717, 1.165) is 22.6 Å². The first-order valence-electron chi connectivity index (χ1n) is 7.22. The first-order valence-corrected chi connectivity index (χ1v) is 7.63. The third-order valence-electron chi connectivity index (χ3n) is 3.73. The second-order valence-electron chi connectivity index (χ2n) is 5.15. The molecule has 0 saturated carbocycles. The Morgan fingerprint density at radius 2 is 1.91 bits per heavy atom. The van der Waals surface area contributed by atoms with Crippen LogP contribution in [-0.4, -0.2) is 29.1 Å². The molecule has 1 aromatic heterocycles. The molecule has 0 amide bonds. The summed E-state index contributed by atoms with van der Waals surface area (Å²) in [7, 11) is 5.15. The molecule has 0 atom stereocenters. The zero-order valence-electron chi connectivity index (χ0n) is 14.1. The van der Waals surface area contributed by atoms with Crippen LogP contribution in [0.4, 0.5) is 5.69 Å². The van der Waals surface area contributed by atoms with Gasteiger partial charge in [-0.05, 0) is 38.2 Å². The second kappa shape index (κ2) is 7.32. The van der Waals surface area contributed by atoms with Crippen LogP contribution in [-0.2, 0) is 13.6 Å². The van der Waals surface area contributed by atoms with Gasteiger partial charge in [0.15, 0.2) is 16.6 Å². The summed E-state index contributed by atoms with van der Waals surface area (Å²) in [5, 5.41) is 11.3. The molecule has 23 heavy (non-hydrogen) atoms. The van der Waals surface area contributed by atoms with Crippen LogP contribution in [0, 0.1) is 13.8 Å². The Kier molecular flexibility index (Phi) is 5.44. The van der Waals surface area contributed by atoms with E-state index >= 15 is 0 Å². The van der Waals surface area contributed by atoms with Gasteiger partial charge in [-0.15, -0.1) is 0 Å². The lowest BCUT2D eigenvalue weighted by Gasteiger charge is -2.13. The monoisotopic (exact) mass is 334 g/mol. The molecule has 0 spiro atoms. The Hall–Kier alpha value is -2.28. The molecule has 0 unspecified atom stereocenters. The van der Waals surface area contributed by atoms with Crippen LogP contribution in [0.25, 0.3) is 0 Å². The molecule has 0 aliphatic carbocycles. The zero-order valence-corrected chi connectivity index (χ0v) is 14.9. The number of aromatic nitrogens is 2. The number of nitrogens with one attached hydrogen (secondary N) is 2. The van der Waals surface area contributed by atoms with E-state index in [0.29, 0.717) is 23.2 Å². The maximum atomic E-state index is 5.35. The van der Waals surface area contributed by atoms with Crippen LogP contribution in [0.3, 0.4) is 0 Å². The number of nitrogens with zero attached hydrogens (tertiary/aromatic N) is 2. The number of thiocarbonyl (C=S) groups is 1. The minimum atomic E-state index is 0.542. The van der Waals surface area contributed by atoms with Gasteiger partial charge in [0.25, 0.3) is 0 Å². The average molecular weight is 334 g/mol. The lowest BCUT2D eigenvalue weighted by atomic mass is 10.2. The average Bonchev–Trinajstić information content (AvgIpc) is 2.78. The van der Waals surface area contributed by atoms with Gasteiger partial charge in [-0.2, -0.15) is 5.10 Å². The molecular weight excluding hydrogens is 312 g/mol. The molecule has 0 fully saturated rings. The van der Waals surface area contributed by atoms with E-state index in [9.17, 15) is 0 Å². The summed E-state index contributed by atoms with van der Waals surface area (Å²) in [6.45, 7) is 4.67. The van der Waals surface area contributed by atoms with E-state index in [1.54, 1.807) is 14.2 Å². The summed E-state index contributed by atoms with van der Waals surface area (Å²) >= 11 is 5.35. The summed E-state index contributed by atoms with van der Waals surface area (Å²) in [4.78, 5) is 0. The molecule has 0 radical (unpaired) electrons. The van der Waals surface area contributed by atoms with E-state index in [4.69, 9.17) is 21.7 Å². The van der Waals surface area contributed by atoms with E-state index in [2.05, 4.69) is 15.7 Å². The van der Waals surface area contributed by atoms with E-state index < -0.39 is 0 Å². The number of aryl methyl sites for hydroxylation is 2. The van der Waals surface area contributed by atoms with Gasteiger partial charge in [-0.25, -0.2) is 0 Å². The van der Waals surface area contributed by atoms with Crippen LogP contribution >= 0.6 is 12.2 Å². The topological polar surface area (TPSA) is 60.3 Å². The number of benzene rings is 1. The van der Waals surface area contributed by atoms with Crippen molar-refractivity contribution in [3.63, 3.8) is 0 Å². The summed E-state index contributed by atoms with van der Waals surface area (Å²) in [5.74, 6) is 1.33. The fourth-order valence-corrected chi connectivity index (χ4v) is 2.52. The molecule has 0 bridgehead atoms. The van der Waals surface area contributed by atoms with Gasteiger partial charge >= 0.3 is 0 Å². The van der Waals surface area contributed by atoms with E-state index in [-0.39, 0.29) is 0 Å². The SMILES string of the molecule is COc1ccc(NC(=S)NCc2c(C)nn(C)c2C)cc1OC. The summed E-state index contributed by atoms with van der Waals surface area (Å²) in [6, 6.07) is 5.56. The standard InChI is InChI=1S/C16H22N4O2S/c1-10-13(11(2)20(3)19-10)9-17-16(23)18-12-6-7-14(21-4)15(8-12)22-5/h6-8H,9H2,1-5H3,(H2,17,18,23). The van der Waals surface area contributed by atoms with Crippen LogP contribution in [0.2, 0.25) is 0 Å². The number of hydrogen-bond donors (Lipinski definition) is 2. The van der Waals surface area contributed by atoms with Crippen LogP contribution in [0.5, 0.6) is 11.5 Å². The Morgan fingerprint density at radius 1 is 1.22 bits per heavy atom. The van der Waals surface area contributed by atoms with Crippen LogP contribution in [0.1, 0.15) is 17.0 Å². The number of anilines is 1. The van der Waals surface area contributed by atoms with Crippen molar-refractivity contribution in [3.05, 3.63) is 35.2 Å². The van der Waals surface area contributed by atoms with Crippen molar-refractivity contribution in [2.45, 2.75) is 20.4 Å². The van der Waals surface area contributed by atoms with Crippen molar-refractivity contribution in [3.8, 4) is 11.5 Å². The smallest absolute Gasteiger partial charge is 0.171 e. The first kappa shape index (κ1) is 17.1. The number of hydrogen-bond acceptors (Lipinski definition) is 4. The van der Waals surface area contributed by atoms with Gasteiger partial charge in [-0.1, -0.05) is 0 Å². The number of ether oxygens (including phenoxy) is 2.